The highest BCUT2D eigenvalue weighted by molar-refractivity contribution is 8.01. The lowest BCUT2D eigenvalue weighted by atomic mass is 9.84. The van der Waals surface area contributed by atoms with Gasteiger partial charge in [-0.3, -0.25) is 9.59 Å². The topological polar surface area (TPSA) is 49.9 Å². The van der Waals surface area contributed by atoms with Crippen molar-refractivity contribution >= 4 is 31.7 Å². The molecule has 0 bridgehead atoms. The molecule has 0 N–H and O–H groups in total. The largest absolute Gasteiger partial charge is 0.362 e. The maximum absolute atomic E-state index is 13.9. The molecule has 0 spiro atoms. The molecule has 3 aromatic carbocycles. The van der Waals surface area contributed by atoms with Gasteiger partial charge >= 0.3 is 0 Å². The van der Waals surface area contributed by atoms with Gasteiger partial charge in [0.05, 0.1) is 16.2 Å². The lowest BCUT2D eigenvalue weighted by Crippen LogP contribution is -2.74. The molecule has 2 unspecified atom stereocenters. The average molecular weight is 544 g/mol. The molecule has 4 nitrogen and oxygen atoms in total. The molecule has 4 atom stereocenters. The van der Waals surface area contributed by atoms with Gasteiger partial charge in [0.15, 0.2) is 14.0 Å². The highest BCUT2D eigenvalue weighted by Gasteiger charge is 2.64. The number of hydrogen-bond acceptors (Lipinski definition) is 4. The summed E-state index contributed by atoms with van der Waals surface area (Å²) in [5, 5.41) is -0.360. The van der Waals surface area contributed by atoms with Crippen molar-refractivity contribution in [3.8, 4) is 0 Å². The standard InChI is InChI=1S/C32H37NO3SSi/c1-22-28(36-22)27(34)26-29(35)33(38(5,6)31(2,3)4)30(26)37-32(23-16-10-7-11-17-23,24-18-12-8-13-19-24)25-20-14-9-15-21-25/h7-22,26,28,30H,1-6H3/t22?,26-,28?,30+/m0/s1. The number of rotatable bonds is 8. The number of benzene rings is 3. The summed E-state index contributed by atoms with van der Waals surface area (Å²) in [6, 6.07) is 31.4. The SMILES string of the molecule is CC1OC1C(=O)[C@H]1C(=O)N([Si](C)(C)C(C)(C)C)[C@@H]1SC(c1ccccc1)(c1ccccc1)c1ccccc1. The number of amides is 1. The Morgan fingerprint density at radius 2 is 1.21 bits per heavy atom. The summed E-state index contributed by atoms with van der Waals surface area (Å²) in [5.41, 5.74) is 3.37. The van der Waals surface area contributed by atoms with Crippen LogP contribution < -0.4 is 0 Å². The molecule has 2 aliphatic heterocycles. The molecule has 3 aromatic rings. The van der Waals surface area contributed by atoms with Gasteiger partial charge in [-0.2, -0.15) is 0 Å². The van der Waals surface area contributed by atoms with Crippen molar-refractivity contribution < 1.29 is 14.3 Å². The maximum atomic E-state index is 13.9. The van der Waals surface area contributed by atoms with Crippen molar-refractivity contribution in [1.82, 2.24) is 4.57 Å². The van der Waals surface area contributed by atoms with E-state index in [1.807, 2.05) is 25.1 Å². The Kier molecular flexibility index (Phi) is 6.95. The van der Waals surface area contributed by atoms with Gasteiger partial charge in [-0.1, -0.05) is 125 Å². The van der Waals surface area contributed by atoms with Crippen LogP contribution in [0.3, 0.4) is 0 Å². The van der Waals surface area contributed by atoms with Gasteiger partial charge in [0.2, 0.25) is 5.91 Å². The first-order chi connectivity index (χ1) is 18.0. The summed E-state index contributed by atoms with van der Waals surface area (Å²) in [7, 11) is -2.30. The van der Waals surface area contributed by atoms with E-state index in [4.69, 9.17) is 4.74 Å². The van der Waals surface area contributed by atoms with Crippen LogP contribution in [0.5, 0.6) is 0 Å². The molecule has 198 valence electrons. The Bertz CT molecular complexity index is 1210. The fourth-order valence-corrected chi connectivity index (χ4v) is 10.3. The number of nitrogens with zero attached hydrogens (tertiary/aromatic N) is 1. The van der Waals surface area contributed by atoms with Crippen molar-refractivity contribution in [1.29, 1.82) is 0 Å². The van der Waals surface area contributed by atoms with Gasteiger partial charge in [0.1, 0.15) is 12.0 Å². The number of carbonyl (C=O) groups excluding carboxylic acids is 2. The summed E-state index contributed by atoms with van der Waals surface area (Å²) < 4.78 is 7.07. The summed E-state index contributed by atoms with van der Waals surface area (Å²) in [5.74, 6) is -0.817. The fourth-order valence-electron chi connectivity index (χ4n) is 5.37. The van der Waals surface area contributed by atoms with Crippen LogP contribution in [-0.4, -0.2) is 42.1 Å². The lowest BCUT2D eigenvalue weighted by molar-refractivity contribution is -0.150. The average Bonchev–Trinajstić information content (AvgIpc) is 3.64. The molecule has 0 aliphatic carbocycles. The van der Waals surface area contributed by atoms with E-state index in [1.165, 1.54) is 0 Å². The number of Topliss-reactive ketones (excluding diaryl/α,β-unsaturated/α-hetero) is 1. The summed E-state index contributed by atoms with van der Waals surface area (Å²) in [4.78, 5) is 27.6. The molecule has 2 heterocycles. The smallest absolute Gasteiger partial charge is 0.229 e. The van der Waals surface area contributed by atoms with Crippen LogP contribution in [0.25, 0.3) is 0 Å². The van der Waals surface area contributed by atoms with Gasteiger partial charge in [0.25, 0.3) is 0 Å². The third-order valence-corrected chi connectivity index (χ3v) is 16.0. The number of thioether (sulfide) groups is 1. The Hall–Kier alpha value is -2.67. The fraction of sp³-hybridized carbons (Fsp3) is 0.375. The maximum Gasteiger partial charge on any atom is 0.229 e. The van der Waals surface area contributed by atoms with E-state index in [0.29, 0.717) is 0 Å². The van der Waals surface area contributed by atoms with E-state index >= 15 is 0 Å². The lowest BCUT2D eigenvalue weighted by Gasteiger charge is -2.59. The highest BCUT2D eigenvalue weighted by atomic mass is 32.2. The number of ether oxygens (including phenoxy) is 1. The van der Waals surface area contributed by atoms with Crippen LogP contribution in [0.4, 0.5) is 0 Å². The van der Waals surface area contributed by atoms with Gasteiger partial charge in [-0.05, 0) is 28.7 Å². The van der Waals surface area contributed by atoms with Crippen LogP contribution in [0.1, 0.15) is 44.4 Å². The van der Waals surface area contributed by atoms with Crippen LogP contribution >= 0.6 is 11.8 Å². The third-order valence-electron chi connectivity index (χ3n) is 8.62. The van der Waals surface area contributed by atoms with E-state index in [1.54, 1.807) is 11.8 Å². The molecule has 0 aromatic heterocycles. The Labute approximate surface area is 231 Å². The predicted octanol–water partition coefficient (Wildman–Crippen LogP) is 6.86. The first-order valence-electron chi connectivity index (χ1n) is 13.4. The highest BCUT2D eigenvalue weighted by Crippen LogP contribution is 2.57. The molecule has 38 heavy (non-hydrogen) atoms. The third kappa shape index (κ3) is 4.36. The quantitative estimate of drug-likeness (QED) is 0.102. The second kappa shape index (κ2) is 9.81. The van der Waals surface area contributed by atoms with Gasteiger partial charge < -0.3 is 9.30 Å². The molecular weight excluding hydrogens is 507 g/mol. The van der Waals surface area contributed by atoms with E-state index < -0.39 is 25.0 Å². The Morgan fingerprint density at radius 1 is 0.816 bits per heavy atom. The number of β-lactam (4-membered cyclic amide) rings is 1. The van der Waals surface area contributed by atoms with Crippen LogP contribution in [-0.2, 0) is 19.1 Å². The van der Waals surface area contributed by atoms with Crippen molar-refractivity contribution in [2.75, 3.05) is 0 Å². The minimum Gasteiger partial charge on any atom is -0.362 e. The normalized spacial score (nSPS) is 23.6. The number of epoxide rings is 1. The second-order valence-electron chi connectivity index (χ2n) is 11.9. The molecule has 0 saturated carbocycles. The van der Waals surface area contributed by atoms with Crippen molar-refractivity contribution in [3.05, 3.63) is 108 Å². The van der Waals surface area contributed by atoms with E-state index in [9.17, 15) is 9.59 Å². The molecular formula is C32H37NO3SSi. The zero-order chi connectivity index (χ0) is 27.3. The van der Waals surface area contributed by atoms with Crippen LogP contribution in [0, 0.1) is 5.92 Å². The molecule has 0 radical (unpaired) electrons. The first kappa shape index (κ1) is 26.9. The molecule has 2 saturated heterocycles. The van der Waals surface area contributed by atoms with Gasteiger partial charge in [-0.15, -0.1) is 11.8 Å². The van der Waals surface area contributed by atoms with Gasteiger partial charge in [-0.25, -0.2) is 0 Å². The predicted molar refractivity (Wildman–Crippen MR) is 157 cm³/mol. The first-order valence-corrected chi connectivity index (χ1v) is 17.2. The Morgan fingerprint density at radius 3 is 1.55 bits per heavy atom. The van der Waals surface area contributed by atoms with E-state index in [-0.39, 0.29) is 28.2 Å². The van der Waals surface area contributed by atoms with Crippen molar-refractivity contribution in [3.63, 3.8) is 0 Å². The Balaban J connectivity index is 1.71. The molecule has 2 fully saturated rings. The number of ketones is 1. The number of carbonyl (C=O) groups is 2. The zero-order valence-corrected chi connectivity index (χ0v) is 24.9. The van der Waals surface area contributed by atoms with Crippen molar-refractivity contribution in [2.45, 2.75) is 68.2 Å². The number of hydrogen-bond donors (Lipinski definition) is 0. The molecule has 6 heteroatoms. The van der Waals surface area contributed by atoms with E-state index in [2.05, 4.69) is 111 Å². The molecule has 1 amide bonds. The van der Waals surface area contributed by atoms with E-state index in [0.717, 1.165) is 16.7 Å². The molecule has 2 aliphatic rings. The summed E-state index contributed by atoms with van der Waals surface area (Å²) in [6.45, 7) is 13.1. The van der Waals surface area contributed by atoms with Crippen molar-refractivity contribution in [2.24, 2.45) is 5.92 Å². The summed E-state index contributed by atoms with van der Waals surface area (Å²) >= 11 is 1.74. The monoisotopic (exact) mass is 543 g/mol. The zero-order valence-electron chi connectivity index (χ0n) is 23.0. The summed E-state index contributed by atoms with van der Waals surface area (Å²) in [6.07, 6.45) is -0.599. The minimum absolute atomic E-state index is 0.0372. The second-order valence-corrected chi connectivity index (χ2v) is 18.4. The molecule has 5 rings (SSSR count). The van der Waals surface area contributed by atoms with Gasteiger partial charge in [0, 0.05) is 0 Å². The van der Waals surface area contributed by atoms with Crippen LogP contribution in [0.2, 0.25) is 18.1 Å². The van der Waals surface area contributed by atoms with Crippen LogP contribution in [0.15, 0.2) is 91.0 Å². The minimum atomic E-state index is -2.30.